The van der Waals surface area contributed by atoms with Gasteiger partial charge in [-0.25, -0.2) is 8.42 Å². The normalized spacial score (nSPS) is 18.5. The molecule has 0 bridgehead atoms. The van der Waals surface area contributed by atoms with Crippen LogP contribution in [0.15, 0.2) is 29.2 Å². The second kappa shape index (κ2) is 5.62. The number of nitrogens with zero attached hydrogens (tertiary/aromatic N) is 1. The Balaban J connectivity index is 2.12. The van der Waals surface area contributed by atoms with Crippen LogP contribution in [-0.4, -0.2) is 43.0 Å². The number of rotatable bonds is 3. The Labute approximate surface area is 114 Å². The molecule has 0 saturated carbocycles. The van der Waals surface area contributed by atoms with E-state index in [4.69, 9.17) is 10.0 Å². The highest BCUT2D eigenvalue weighted by atomic mass is 32.2. The molecule has 1 heterocycles. The fourth-order valence-electron chi connectivity index (χ4n) is 2.27. The van der Waals surface area contributed by atoms with E-state index in [0.717, 1.165) is 5.56 Å². The summed E-state index contributed by atoms with van der Waals surface area (Å²) in [5.74, 6) is -0.232. The minimum Gasteiger partial charge on any atom is -0.427 e. The monoisotopic (exact) mass is 283 g/mol. The molecule has 1 fully saturated rings. The summed E-state index contributed by atoms with van der Waals surface area (Å²) in [6, 6.07) is 6.77. The molecule has 1 aromatic rings. The van der Waals surface area contributed by atoms with Crippen molar-refractivity contribution in [1.29, 1.82) is 0 Å². The van der Waals surface area contributed by atoms with Gasteiger partial charge in [0, 0.05) is 13.1 Å². The maximum Gasteiger partial charge on any atom is 0.454 e. The molecule has 104 valence electrons. The van der Waals surface area contributed by atoms with Crippen molar-refractivity contribution < 1.29 is 18.5 Å². The first-order chi connectivity index (χ1) is 8.91. The summed E-state index contributed by atoms with van der Waals surface area (Å²) in [6.07, 6.45) is 0.950. The minimum absolute atomic E-state index is 0.232. The van der Waals surface area contributed by atoms with Gasteiger partial charge in [0.05, 0.1) is 4.90 Å². The van der Waals surface area contributed by atoms with Gasteiger partial charge in [-0.3, -0.25) is 0 Å². The molecule has 0 aliphatic carbocycles. The third kappa shape index (κ3) is 3.17. The van der Waals surface area contributed by atoms with Crippen molar-refractivity contribution in [2.45, 2.75) is 30.5 Å². The molecule has 0 spiro atoms. The van der Waals surface area contributed by atoms with E-state index in [2.05, 4.69) is 0 Å². The van der Waals surface area contributed by atoms with Crippen molar-refractivity contribution in [2.24, 2.45) is 0 Å². The second-order valence-electron chi connectivity index (χ2n) is 4.97. The van der Waals surface area contributed by atoms with Crippen LogP contribution in [0.1, 0.15) is 18.4 Å². The van der Waals surface area contributed by atoms with E-state index in [1.165, 1.54) is 4.31 Å². The standard InChI is InChI=1S/C12H18BNO4S/c1-10-2-4-12(5-3-10)19(17,18)14-8-6-11(7-9-14)13(15)16/h2-5,11,15-16H,6-9H2,1H3. The zero-order chi connectivity index (χ0) is 14.0. The molecule has 1 saturated heterocycles. The topological polar surface area (TPSA) is 77.8 Å². The molecule has 2 rings (SSSR count). The number of hydrogen-bond acceptors (Lipinski definition) is 4. The third-order valence-electron chi connectivity index (χ3n) is 3.58. The molecule has 0 atom stereocenters. The molecule has 0 aromatic heterocycles. The summed E-state index contributed by atoms with van der Waals surface area (Å²) in [5.41, 5.74) is 1.01. The second-order valence-corrected chi connectivity index (χ2v) is 6.91. The van der Waals surface area contributed by atoms with Crippen molar-refractivity contribution in [3.8, 4) is 0 Å². The summed E-state index contributed by atoms with van der Waals surface area (Å²) >= 11 is 0. The molecule has 7 heteroatoms. The molecule has 0 unspecified atom stereocenters. The highest BCUT2D eigenvalue weighted by Crippen LogP contribution is 2.27. The number of benzene rings is 1. The molecule has 2 N–H and O–H groups in total. The van der Waals surface area contributed by atoms with Crippen LogP contribution in [-0.2, 0) is 10.0 Å². The maximum absolute atomic E-state index is 12.4. The van der Waals surface area contributed by atoms with E-state index in [0.29, 0.717) is 30.8 Å². The Morgan fingerprint density at radius 2 is 1.68 bits per heavy atom. The Morgan fingerprint density at radius 3 is 2.16 bits per heavy atom. The zero-order valence-corrected chi connectivity index (χ0v) is 11.7. The molecule has 1 aliphatic heterocycles. The van der Waals surface area contributed by atoms with Crippen LogP contribution in [0.4, 0.5) is 0 Å². The highest BCUT2D eigenvalue weighted by molar-refractivity contribution is 7.89. The molecular weight excluding hydrogens is 265 g/mol. The van der Waals surface area contributed by atoms with Gasteiger partial charge >= 0.3 is 7.12 Å². The molecule has 0 amide bonds. The minimum atomic E-state index is -3.46. The number of hydrogen-bond donors (Lipinski definition) is 2. The predicted octanol–water partition coefficient (Wildman–Crippen LogP) is 0.623. The van der Waals surface area contributed by atoms with E-state index in [1.54, 1.807) is 24.3 Å². The van der Waals surface area contributed by atoms with Gasteiger partial charge < -0.3 is 10.0 Å². The van der Waals surface area contributed by atoms with E-state index in [-0.39, 0.29) is 5.82 Å². The van der Waals surface area contributed by atoms with E-state index in [1.807, 2.05) is 6.92 Å². The quantitative estimate of drug-likeness (QED) is 0.797. The first kappa shape index (κ1) is 14.5. The average molecular weight is 283 g/mol. The largest absolute Gasteiger partial charge is 0.454 e. The van der Waals surface area contributed by atoms with E-state index in [9.17, 15) is 8.42 Å². The molecular formula is C12H18BNO4S. The average Bonchev–Trinajstić information content (AvgIpc) is 2.39. The first-order valence-corrected chi connectivity index (χ1v) is 7.78. The number of sulfonamides is 1. The SMILES string of the molecule is Cc1ccc(S(=O)(=O)N2CCC(B(O)O)CC2)cc1. The molecule has 0 radical (unpaired) electrons. The van der Waals surface area contributed by atoms with Gasteiger partial charge in [0.2, 0.25) is 10.0 Å². The van der Waals surface area contributed by atoms with Gasteiger partial charge in [-0.2, -0.15) is 4.31 Å². The first-order valence-electron chi connectivity index (χ1n) is 6.34. The van der Waals surface area contributed by atoms with E-state index >= 15 is 0 Å². The Morgan fingerprint density at radius 1 is 1.16 bits per heavy atom. The Kier molecular flexibility index (Phi) is 4.30. The third-order valence-corrected chi connectivity index (χ3v) is 5.49. The maximum atomic E-state index is 12.4. The van der Waals surface area contributed by atoms with Crippen molar-refractivity contribution >= 4 is 17.1 Å². The lowest BCUT2D eigenvalue weighted by molar-refractivity contribution is 0.302. The Hall–Kier alpha value is -0.885. The lowest BCUT2D eigenvalue weighted by Crippen LogP contribution is -2.40. The van der Waals surface area contributed by atoms with Crippen LogP contribution in [0, 0.1) is 6.92 Å². The Bertz CT molecular complexity index is 521. The van der Waals surface area contributed by atoms with Gasteiger partial charge in [-0.15, -0.1) is 0 Å². The number of piperidine rings is 1. The molecule has 19 heavy (non-hydrogen) atoms. The van der Waals surface area contributed by atoms with Gasteiger partial charge in [0.1, 0.15) is 0 Å². The van der Waals surface area contributed by atoms with Crippen molar-refractivity contribution in [3.63, 3.8) is 0 Å². The molecule has 5 nitrogen and oxygen atoms in total. The lowest BCUT2D eigenvalue weighted by Gasteiger charge is -2.30. The van der Waals surface area contributed by atoms with Gasteiger partial charge in [-0.1, -0.05) is 17.7 Å². The molecule has 1 aliphatic rings. The van der Waals surface area contributed by atoms with Gasteiger partial charge in [0.15, 0.2) is 0 Å². The number of aryl methyl sites for hydroxylation is 1. The van der Waals surface area contributed by atoms with Crippen LogP contribution in [0.5, 0.6) is 0 Å². The van der Waals surface area contributed by atoms with Crippen molar-refractivity contribution in [2.75, 3.05) is 13.1 Å². The summed E-state index contributed by atoms with van der Waals surface area (Å²) in [4.78, 5) is 0.293. The summed E-state index contributed by atoms with van der Waals surface area (Å²) < 4.78 is 26.2. The predicted molar refractivity (Wildman–Crippen MR) is 73.1 cm³/mol. The highest BCUT2D eigenvalue weighted by Gasteiger charge is 2.33. The van der Waals surface area contributed by atoms with Gasteiger partial charge in [0.25, 0.3) is 0 Å². The summed E-state index contributed by atoms with van der Waals surface area (Å²) in [6.45, 7) is 2.57. The van der Waals surface area contributed by atoms with Crippen molar-refractivity contribution in [3.05, 3.63) is 29.8 Å². The smallest absolute Gasteiger partial charge is 0.427 e. The van der Waals surface area contributed by atoms with Crippen LogP contribution in [0.25, 0.3) is 0 Å². The van der Waals surface area contributed by atoms with E-state index < -0.39 is 17.1 Å². The zero-order valence-electron chi connectivity index (χ0n) is 10.9. The lowest BCUT2D eigenvalue weighted by atomic mass is 9.68. The fourth-order valence-corrected chi connectivity index (χ4v) is 3.74. The summed E-state index contributed by atoms with van der Waals surface area (Å²) in [5, 5.41) is 18.2. The summed E-state index contributed by atoms with van der Waals surface area (Å²) in [7, 11) is -4.82. The van der Waals surface area contributed by atoms with Gasteiger partial charge in [-0.05, 0) is 37.7 Å². The van der Waals surface area contributed by atoms with Crippen LogP contribution in [0.3, 0.4) is 0 Å². The fraction of sp³-hybridized carbons (Fsp3) is 0.500. The van der Waals surface area contributed by atoms with Crippen LogP contribution < -0.4 is 0 Å². The van der Waals surface area contributed by atoms with Crippen LogP contribution in [0.2, 0.25) is 5.82 Å². The molecule has 1 aromatic carbocycles. The van der Waals surface area contributed by atoms with Crippen LogP contribution >= 0.6 is 0 Å². The van der Waals surface area contributed by atoms with Crippen molar-refractivity contribution in [1.82, 2.24) is 4.31 Å².